The van der Waals surface area contributed by atoms with Gasteiger partial charge in [-0.1, -0.05) is 96.8 Å². The third kappa shape index (κ3) is 27.1. The van der Waals surface area contributed by atoms with Crippen LogP contribution in [0.2, 0.25) is 10.0 Å². The molecule has 12 aliphatic rings. The van der Waals surface area contributed by atoms with Crippen LogP contribution >= 0.6 is 47.6 Å². The number of ether oxygens (including phenoxy) is 6. The molecular formula is C102H132Cl2N10O32S2. The van der Waals surface area contributed by atoms with E-state index in [0.29, 0.717) is 109 Å². The Labute approximate surface area is 875 Å². The van der Waals surface area contributed by atoms with Crippen LogP contribution in [0, 0.1) is 47.3 Å². The van der Waals surface area contributed by atoms with E-state index in [9.17, 15) is 117 Å². The molecule has 0 spiro atoms. The Bertz CT molecular complexity index is 5580. The highest BCUT2D eigenvalue weighted by Crippen LogP contribution is 2.52. The summed E-state index contributed by atoms with van der Waals surface area (Å²) >= 11 is 18.7. The lowest BCUT2D eigenvalue weighted by Gasteiger charge is -2.42. The maximum atomic E-state index is 14.3. The van der Waals surface area contributed by atoms with Gasteiger partial charge in [-0.2, -0.15) is 12.6 Å². The summed E-state index contributed by atoms with van der Waals surface area (Å²) < 4.78 is 35.8. The van der Waals surface area contributed by atoms with Crippen molar-refractivity contribution in [1.29, 1.82) is 0 Å². The summed E-state index contributed by atoms with van der Waals surface area (Å²) in [6, 6.07) is 4.74. The van der Waals surface area contributed by atoms with Crippen LogP contribution < -0.4 is 20.4 Å². The number of aliphatic hydroxyl groups is 6. The zero-order chi connectivity index (χ0) is 108. The maximum absolute atomic E-state index is 14.3. The number of likely N-dealkylation sites (N-methyl/N-ethyl adjacent to an activating group) is 2. The first-order chi connectivity index (χ1) is 69.9. The molecule has 9 fully saturated rings. The number of hydrogen-bond donors (Lipinski definition) is 9. The van der Waals surface area contributed by atoms with Gasteiger partial charge in [0.05, 0.1) is 90.0 Å². The highest BCUT2D eigenvalue weighted by atomic mass is 35.5. The van der Waals surface area contributed by atoms with Gasteiger partial charge in [0.15, 0.2) is 11.4 Å². The average Bonchev–Trinajstić information content (AvgIpc) is 1.57. The van der Waals surface area contributed by atoms with Gasteiger partial charge in [0.1, 0.15) is 47.7 Å². The number of carbonyl (C=O) groups excluding carboxylic acids is 18. The van der Waals surface area contributed by atoms with Crippen molar-refractivity contribution in [3.63, 3.8) is 0 Å². The fourth-order valence-corrected chi connectivity index (χ4v) is 22.1. The number of allylic oxidation sites excluding steroid dienone is 6. The maximum Gasteiger partial charge on any atom is 0.409 e. The van der Waals surface area contributed by atoms with Gasteiger partial charge in [0, 0.05) is 141 Å². The van der Waals surface area contributed by atoms with Gasteiger partial charge in [0.25, 0.3) is 35.4 Å². The van der Waals surface area contributed by atoms with E-state index in [-0.39, 0.29) is 146 Å². The molecule has 2 aromatic carbocycles. The number of hydrogen-bond acceptors (Lipinski definition) is 34. The predicted molar refractivity (Wildman–Crippen MR) is 532 cm³/mol. The first-order valence-electron chi connectivity index (χ1n) is 49.7. The number of halogens is 2. The number of esters is 2. The minimum absolute atomic E-state index is 0.00640. The number of imide groups is 4. The van der Waals surface area contributed by atoms with Crippen LogP contribution in [0.3, 0.4) is 0 Å². The molecule has 8 bridgehead atoms. The quantitative estimate of drug-likeness (QED) is 0.0178. The van der Waals surface area contributed by atoms with Gasteiger partial charge < -0.3 is 88.3 Å². The summed E-state index contributed by atoms with van der Waals surface area (Å²) in [5, 5.41) is 70.1. The van der Waals surface area contributed by atoms with Gasteiger partial charge in [-0.05, 0) is 158 Å². The molecule has 2 aromatic rings. The summed E-state index contributed by atoms with van der Waals surface area (Å²) in [5.74, 6) is -11.4. The first kappa shape index (κ1) is 116. The molecule has 148 heavy (non-hydrogen) atoms. The third-order valence-electron chi connectivity index (χ3n) is 30.1. The standard InChI is InChI=1S/C51H66ClN5O16S.C35H48ClN3O10S.C16H18N2O6/c1-27-8-7-9-34(26-59)51(69)23-36(70-49(68)53-51)28(2)45-50(4,72-45)38(22-42(63)55(6)35-20-31(18-27)19-33(25-58)44(35)52)71-47(66)29(3)54(5)39(60)16-17-74-37-21-43(64)56(46(37)65)24-30-10-12-32(13-11-30)48(67)73-57-40(61)14-15-41(57)62;1-19-8-7-9-24(18-41)35(46)16-26(47-33(45)37-35)20(2)31-34(4,49-31)27(48-32(44)21(3)38(5)28(42)10-11-50)15-29(43)39(6)25-14-22(12-19)13-23(17-40)30(25)36;19-12-5-6-13(20)17(12)9-10-1-3-11(4-2-10)16(23)24-18-14(21)7-8-15(18)22/h7-9,19-20,28-30,32,34,36-38,45,58-59,69H,10-18,21-26H2,1-6H3,(H,53,68);7-9,13-14,20-21,24,26-27,31,40-41,46,50H,10-12,15-18H2,1-6H3,(H,37,45);5-6,10-11H,1-4,7-9H2/b9-7+,27-8+;9-7+,19-8+;/t28-,29+,30?,32?,34+,36+,37?,38+,45?,50-,51+;20-,21+,24+,26+,27+,31?,34-,35+;/m11./s1. The molecule has 14 rings (SSSR count). The highest BCUT2D eigenvalue weighted by molar-refractivity contribution is 8.00. The number of thioether (sulfide) groups is 1. The molecule has 8 N–H and O–H groups in total. The van der Waals surface area contributed by atoms with Crippen molar-refractivity contribution in [2.45, 2.75) is 280 Å². The smallest absolute Gasteiger partial charge is 0.409 e. The van der Waals surface area contributed by atoms with E-state index in [1.54, 1.807) is 88.4 Å². The van der Waals surface area contributed by atoms with Gasteiger partial charge in [0.2, 0.25) is 35.4 Å². The molecule has 14 amide bonds. The normalized spacial score (nSPS) is 31.5. The fraction of sp³-hybridized carbons (Fsp3) is 0.608. The number of fused-ring (bicyclic) bond motifs is 10. The number of rotatable bonds is 24. The third-order valence-corrected chi connectivity index (χ3v) is 32.4. The van der Waals surface area contributed by atoms with Crippen molar-refractivity contribution in [1.82, 2.24) is 40.4 Å². The number of hydroxylamine groups is 4. The van der Waals surface area contributed by atoms with Crippen molar-refractivity contribution in [2.75, 3.05) is 75.8 Å². The lowest BCUT2D eigenvalue weighted by molar-refractivity contribution is -0.201. The average molecular weight is 2150 g/mol. The van der Waals surface area contributed by atoms with E-state index in [2.05, 4.69) is 23.3 Å². The summed E-state index contributed by atoms with van der Waals surface area (Å²) in [6.45, 7) is 12.3. The van der Waals surface area contributed by atoms with E-state index in [1.165, 1.54) is 83.6 Å². The number of amides is 14. The Morgan fingerprint density at radius 2 is 0.919 bits per heavy atom. The zero-order valence-electron chi connectivity index (χ0n) is 84.7. The molecule has 10 aliphatic heterocycles. The molecule has 0 radical (unpaired) electrons. The molecule has 10 heterocycles. The van der Waals surface area contributed by atoms with Gasteiger partial charge in [-0.25, -0.2) is 28.8 Å². The van der Waals surface area contributed by atoms with Crippen LogP contribution in [0.25, 0.3) is 0 Å². The number of epoxide rings is 2. The van der Waals surface area contributed by atoms with Crippen molar-refractivity contribution < 1.29 is 155 Å². The number of benzene rings is 2. The van der Waals surface area contributed by atoms with Crippen molar-refractivity contribution in [3.05, 3.63) is 116 Å². The van der Waals surface area contributed by atoms with E-state index < -0.39 is 210 Å². The Balaban J connectivity index is 0.000000224. The Kier molecular flexibility index (Phi) is 38.6. The molecule has 42 nitrogen and oxygen atoms in total. The number of aliphatic hydroxyl groups excluding tert-OH is 4. The second-order valence-corrected chi connectivity index (χ2v) is 43.0. The number of carbonyl (C=O) groups is 18. The van der Waals surface area contributed by atoms with Crippen LogP contribution in [0.15, 0.2) is 84.0 Å². The van der Waals surface area contributed by atoms with E-state index in [4.69, 9.17) is 61.3 Å². The second-order valence-electron chi connectivity index (χ2n) is 40.5. The van der Waals surface area contributed by atoms with E-state index in [0.717, 1.165) is 28.5 Å². The zero-order valence-corrected chi connectivity index (χ0v) is 88.0. The lowest BCUT2D eigenvalue weighted by Crippen LogP contribution is -2.62. The number of likely N-dealkylation sites (tertiary alicyclic amines) is 1. The monoisotopic (exact) mass is 2140 g/mol. The van der Waals surface area contributed by atoms with Crippen LogP contribution in [0.5, 0.6) is 0 Å². The van der Waals surface area contributed by atoms with Crippen molar-refractivity contribution >= 4 is 166 Å². The number of nitrogens with one attached hydrogen (secondary N) is 2. The summed E-state index contributed by atoms with van der Waals surface area (Å²) in [5.41, 5.74) is -1.80. The van der Waals surface area contributed by atoms with E-state index >= 15 is 0 Å². The largest absolute Gasteiger partial charge is 0.457 e. The molecule has 7 saturated heterocycles. The van der Waals surface area contributed by atoms with Gasteiger partial charge in [-0.15, -0.1) is 21.9 Å². The first-order valence-corrected chi connectivity index (χ1v) is 52.1. The van der Waals surface area contributed by atoms with Crippen LogP contribution in [0.4, 0.5) is 21.0 Å². The number of nitrogens with zero attached hydrogens (tertiary/aromatic N) is 8. The minimum Gasteiger partial charge on any atom is -0.457 e. The SMILES string of the molecule is C/C1=C\C=C\[C@@H](CO)[C@@]2(O)C[C@H](OC(=O)N2)[C@@H](C)C2O[C@]2(C)[C@@H](OC(=O)[C@H](C)N(C)C(=O)CCS)CC(=O)N(C)c2cc(cc(CO)c2Cl)C1.C/C1=C\C=C\[C@@H](CO)[C@@]2(O)C[C@H](OC(=O)N2)[C@@H](C)C2O[C@]2(C)[C@@H](OC(=O)[C@H](C)N(C)C(=O)CCSC2CC(=O)N(CC3CCC(C(=O)ON4C(=O)CCC4=O)CC3)C2=O)CC(=O)N(C)c2cc(cc(CO)c2Cl)C1.O=C(ON1C(=O)CCC1=O)C1CCC(CN2C(=O)C=CC2=O)CC1. The molecule has 3 unspecified atom stereocenters. The Hall–Kier alpha value is -11.0. The molecule has 17 atom stereocenters. The Morgan fingerprint density at radius 3 is 1.29 bits per heavy atom. The summed E-state index contributed by atoms with van der Waals surface area (Å²) in [4.78, 5) is 246. The van der Waals surface area contributed by atoms with Gasteiger partial charge in [-0.3, -0.25) is 78.0 Å². The molecular weight excluding hydrogens is 2010 g/mol. The minimum atomic E-state index is -1.93. The Morgan fingerprint density at radius 1 is 0.541 bits per heavy atom. The summed E-state index contributed by atoms with van der Waals surface area (Å²) in [7, 11) is 5.94. The lowest BCUT2D eigenvalue weighted by atomic mass is 9.81. The van der Waals surface area contributed by atoms with Crippen molar-refractivity contribution in [2.24, 2.45) is 47.3 Å². The molecule has 46 heteroatoms. The van der Waals surface area contributed by atoms with Gasteiger partial charge >= 0.3 is 36.1 Å². The number of anilines is 2. The predicted octanol–water partition coefficient (Wildman–Crippen LogP) is 6.49. The van der Waals surface area contributed by atoms with E-state index in [1.807, 2.05) is 13.8 Å². The van der Waals surface area contributed by atoms with Crippen molar-refractivity contribution in [3.8, 4) is 0 Å². The topological polar surface area (TPSA) is 559 Å². The number of alkyl carbamates (subject to hydrolysis) is 2. The molecule has 0 aromatic heterocycles. The number of thiol groups is 1. The molecule has 2 saturated carbocycles. The highest BCUT2D eigenvalue weighted by Gasteiger charge is 2.67. The molecule has 2 aliphatic carbocycles. The van der Waals surface area contributed by atoms with Crippen LogP contribution in [-0.4, -0.2) is 310 Å². The summed E-state index contributed by atoms with van der Waals surface area (Å²) in [6.07, 6.45) is 9.24. The molecule has 808 valence electrons. The van der Waals surface area contributed by atoms with Crippen LogP contribution in [-0.2, 0) is 141 Å². The second kappa shape index (κ2) is 49.4. The van der Waals surface area contributed by atoms with Crippen LogP contribution in [0.1, 0.15) is 200 Å². The fourth-order valence-electron chi connectivity index (χ4n) is 20.3.